The second-order valence-corrected chi connectivity index (χ2v) is 10.1. The fourth-order valence-corrected chi connectivity index (χ4v) is 5.86. The lowest BCUT2D eigenvalue weighted by Crippen LogP contribution is -2.56. The van der Waals surface area contributed by atoms with Gasteiger partial charge in [-0.15, -0.1) is 11.3 Å². The van der Waals surface area contributed by atoms with Crippen molar-refractivity contribution in [2.75, 3.05) is 26.2 Å². The van der Waals surface area contributed by atoms with Gasteiger partial charge in [-0.3, -0.25) is 14.6 Å². The van der Waals surface area contributed by atoms with Crippen LogP contribution in [0.15, 0.2) is 64.6 Å². The molecule has 5 rings (SSSR count). The summed E-state index contributed by atoms with van der Waals surface area (Å²) in [7, 11) is 0. The number of hydrogen-bond donors (Lipinski definition) is 0. The number of piperazine rings is 1. The molecule has 0 spiro atoms. The standard InChI is InChI=1S/C26H25ClN4O2S/c1-17-16-30(25(32)23-14-20-21(27)8-5-9-22(20)34-23)12-13-31(17)26(33)24-28-11-10-19(15-29-24)18-6-3-2-4-7-18/h2-9,14-15,17,19H,10-13,16H2,1H3. The number of hydrogen-bond acceptors (Lipinski definition) is 5. The number of amidine groups is 1. The molecule has 0 radical (unpaired) electrons. The molecule has 6 nitrogen and oxygen atoms in total. The molecule has 8 heteroatoms. The number of thiophene rings is 1. The highest BCUT2D eigenvalue weighted by molar-refractivity contribution is 7.20. The summed E-state index contributed by atoms with van der Waals surface area (Å²) in [5.74, 6) is 0.214. The van der Waals surface area contributed by atoms with Crippen molar-refractivity contribution in [1.29, 1.82) is 0 Å². The third kappa shape index (κ3) is 4.50. The lowest BCUT2D eigenvalue weighted by Gasteiger charge is -2.39. The van der Waals surface area contributed by atoms with Gasteiger partial charge in [0.1, 0.15) is 0 Å². The summed E-state index contributed by atoms with van der Waals surface area (Å²) in [5.41, 5.74) is 1.18. The fraction of sp³-hybridized carbons (Fsp3) is 0.308. The number of carbonyl (C=O) groups is 2. The fourth-order valence-electron chi connectivity index (χ4n) is 4.52. The van der Waals surface area contributed by atoms with E-state index in [1.54, 1.807) is 4.90 Å². The Kier molecular flexibility index (Phi) is 6.48. The monoisotopic (exact) mass is 492 g/mol. The smallest absolute Gasteiger partial charge is 0.291 e. The van der Waals surface area contributed by atoms with Crippen molar-refractivity contribution < 1.29 is 9.59 Å². The van der Waals surface area contributed by atoms with Gasteiger partial charge in [-0.2, -0.15) is 0 Å². The minimum absolute atomic E-state index is 0.0215. The van der Waals surface area contributed by atoms with Crippen molar-refractivity contribution in [2.45, 2.75) is 25.3 Å². The second kappa shape index (κ2) is 9.68. The first-order chi connectivity index (χ1) is 16.5. The summed E-state index contributed by atoms with van der Waals surface area (Å²) in [6.07, 6.45) is 2.66. The van der Waals surface area contributed by atoms with Crippen LogP contribution in [0.4, 0.5) is 0 Å². The molecular formula is C26H25ClN4O2S. The molecule has 1 fully saturated rings. The predicted octanol–water partition coefficient (Wildman–Crippen LogP) is 4.88. The van der Waals surface area contributed by atoms with Crippen LogP contribution in [0.25, 0.3) is 10.1 Å². The average molecular weight is 493 g/mol. The molecule has 2 atom stereocenters. The van der Waals surface area contributed by atoms with Crippen molar-refractivity contribution in [3.8, 4) is 0 Å². The first kappa shape index (κ1) is 22.7. The minimum atomic E-state index is -0.168. The quantitative estimate of drug-likeness (QED) is 0.522. The van der Waals surface area contributed by atoms with Gasteiger partial charge >= 0.3 is 0 Å². The Balaban J connectivity index is 1.25. The van der Waals surface area contributed by atoms with E-state index in [1.807, 2.05) is 60.5 Å². The third-order valence-electron chi connectivity index (χ3n) is 6.39. The number of carbonyl (C=O) groups excluding carboxylic acids is 2. The van der Waals surface area contributed by atoms with Crippen LogP contribution in [-0.2, 0) is 4.79 Å². The Morgan fingerprint density at radius 1 is 1.06 bits per heavy atom. The van der Waals surface area contributed by atoms with E-state index in [0.29, 0.717) is 36.1 Å². The van der Waals surface area contributed by atoms with Crippen LogP contribution in [0.3, 0.4) is 0 Å². The molecule has 0 bridgehead atoms. The van der Waals surface area contributed by atoms with E-state index in [4.69, 9.17) is 11.6 Å². The molecule has 1 saturated heterocycles. The second-order valence-electron chi connectivity index (χ2n) is 8.65. The van der Waals surface area contributed by atoms with Crippen LogP contribution in [0.2, 0.25) is 5.02 Å². The summed E-state index contributed by atoms with van der Waals surface area (Å²) in [6.45, 7) is 3.92. The third-order valence-corrected chi connectivity index (χ3v) is 7.81. The summed E-state index contributed by atoms with van der Waals surface area (Å²) < 4.78 is 0.996. The maximum absolute atomic E-state index is 13.2. The average Bonchev–Trinajstić information content (AvgIpc) is 3.15. The number of fused-ring (bicyclic) bond motifs is 1. The summed E-state index contributed by atoms with van der Waals surface area (Å²) in [4.78, 5) is 39.6. The minimum Gasteiger partial charge on any atom is -0.334 e. The van der Waals surface area contributed by atoms with Gasteiger partial charge in [-0.05, 0) is 37.1 Å². The van der Waals surface area contributed by atoms with E-state index in [9.17, 15) is 9.59 Å². The van der Waals surface area contributed by atoms with E-state index in [0.717, 1.165) is 16.5 Å². The largest absolute Gasteiger partial charge is 0.334 e. The highest BCUT2D eigenvalue weighted by atomic mass is 35.5. The molecule has 0 saturated carbocycles. The molecule has 2 unspecified atom stereocenters. The molecular weight excluding hydrogens is 468 g/mol. The van der Waals surface area contributed by atoms with Gasteiger partial charge in [0.25, 0.3) is 11.8 Å². The number of benzene rings is 2. The Hall–Kier alpha value is -3.03. The summed E-state index contributed by atoms with van der Waals surface area (Å²) in [5, 5.41) is 1.55. The van der Waals surface area contributed by atoms with E-state index in [-0.39, 0.29) is 29.6 Å². The van der Waals surface area contributed by atoms with E-state index >= 15 is 0 Å². The zero-order valence-electron chi connectivity index (χ0n) is 18.9. The van der Waals surface area contributed by atoms with Gasteiger partial charge in [0.05, 0.1) is 4.88 Å². The number of aliphatic imine (C=N–C) groups is 2. The van der Waals surface area contributed by atoms with Gasteiger partial charge in [0.2, 0.25) is 5.84 Å². The zero-order chi connectivity index (χ0) is 23.7. The summed E-state index contributed by atoms with van der Waals surface area (Å²) in [6, 6.07) is 17.6. The van der Waals surface area contributed by atoms with Crippen molar-refractivity contribution in [3.63, 3.8) is 0 Å². The molecule has 2 aliphatic heterocycles. The van der Waals surface area contributed by atoms with Gasteiger partial charge in [0, 0.05) is 59.5 Å². The molecule has 0 N–H and O–H groups in total. The lowest BCUT2D eigenvalue weighted by atomic mass is 9.97. The molecule has 174 valence electrons. The topological polar surface area (TPSA) is 65.3 Å². The molecule has 2 amide bonds. The van der Waals surface area contributed by atoms with Gasteiger partial charge < -0.3 is 9.80 Å². The van der Waals surface area contributed by atoms with Gasteiger partial charge in [-0.25, -0.2) is 4.99 Å². The van der Waals surface area contributed by atoms with E-state index in [2.05, 4.69) is 22.1 Å². The Labute approximate surface area is 207 Å². The van der Waals surface area contributed by atoms with Gasteiger partial charge in [-0.1, -0.05) is 48.0 Å². The Morgan fingerprint density at radius 2 is 1.88 bits per heavy atom. The summed E-state index contributed by atoms with van der Waals surface area (Å²) >= 11 is 7.73. The SMILES string of the molecule is CC1CN(C(=O)c2cc3c(Cl)cccc3s2)CCN1C(=O)C1=NCCC(c2ccccc2)C=N1. The Morgan fingerprint density at radius 3 is 2.65 bits per heavy atom. The maximum Gasteiger partial charge on any atom is 0.291 e. The van der Waals surface area contributed by atoms with Crippen molar-refractivity contribution in [2.24, 2.45) is 9.98 Å². The highest BCUT2D eigenvalue weighted by Gasteiger charge is 2.33. The Bertz CT molecular complexity index is 1290. The van der Waals surface area contributed by atoms with Crippen LogP contribution in [0, 0.1) is 0 Å². The lowest BCUT2D eigenvalue weighted by molar-refractivity contribution is -0.128. The molecule has 3 heterocycles. The first-order valence-electron chi connectivity index (χ1n) is 11.4. The number of amides is 2. The maximum atomic E-state index is 13.2. The molecule has 3 aromatic rings. The zero-order valence-corrected chi connectivity index (χ0v) is 20.4. The molecule has 34 heavy (non-hydrogen) atoms. The van der Waals surface area contributed by atoms with Crippen LogP contribution in [0.1, 0.15) is 34.5 Å². The van der Waals surface area contributed by atoms with Crippen LogP contribution >= 0.6 is 22.9 Å². The molecule has 0 aliphatic carbocycles. The van der Waals surface area contributed by atoms with Crippen molar-refractivity contribution in [3.05, 3.63) is 70.1 Å². The van der Waals surface area contributed by atoms with Gasteiger partial charge in [0.15, 0.2) is 0 Å². The van der Waals surface area contributed by atoms with E-state index in [1.165, 1.54) is 16.9 Å². The van der Waals surface area contributed by atoms with Crippen molar-refractivity contribution >= 4 is 56.9 Å². The van der Waals surface area contributed by atoms with E-state index < -0.39 is 0 Å². The van der Waals surface area contributed by atoms with Crippen LogP contribution in [-0.4, -0.2) is 65.9 Å². The van der Waals surface area contributed by atoms with Crippen LogP contribution < -0.4 is 0 Å². The number of nitrogens with zero attached hydrogens (tertiary/aromatic N) is 4. The molecule has 2 aromatic carbocycles. The highest BCUT2D eigenvalue weighted by Crippen LogP contribution is 2.32. The molecule has 2 aliphatic rings. The molecule has 1 aromatic heterocycles. The number of rotatable bonds is 3. The number of halogens is 1. The predicted molar refractivity (Wildman–Crippen MR) is 139 cm³/mol. The van der Waals surface area contributed by atoms with Crippen LogP contribution in [0.5, 0.6) is 0 Å². The van der Waals surface area contributed by atoms with Crippen molar-refractivity contribution in [1.82, 2.24) is 9.80 Å². The first-order valence-corrected chi connectivity index (χ1v) is 12.6. The normalized spacial score (nSPS) is 20.8.